The molecule has 0 amide bonds. The van der Waals surface area contributed by atoms with Gasteiger partial charge in [0.2, 0.25) is 0 Å². The standard InChI is InChI=1S/C36H43NO2/c1-35(2,3)31-16-12-28(13-17-31)25-38-33-20-30(24-37-23-27-10-8-7-9-11-27)21-34(22-33)39-26-29-14-18-32(19-15-29)36(4,5)6/h7-22,37H,23-26H2,1-6H3. The van der Waals surface area contributed by atoms with E-state index in [0.717, 1.165) is 41.3 Å². The minimum atomic E-state index is 0.139. The molecule has 4 aromatic carbocycles. The number of rotatable bonds is 10. The van der Waals surface area contributed by atoms with Crippen LogP contribution in [0.15, 0.2) is 97.1 Å². The van der Waals surface area contributed by atoms with Crippen LogP contribution >= 0.6 is 0 Å². The molecule has 0 bridgehead atoms. The fourth-order valence-corrected chi connectivity index (χ4v) is 4.38. The van der Waals surface area contributed by atoms with E-state index in [1.807, 2.05) is 12.1 Å². The molecule has 0 fully saturated rings. The van der Waals surface area contributed by atoms with Gasteiger partial charge in [0.05, 0.1) is 0 Å². The zero-order valence-corrected chi connectivity index (χ0v) is 24.4. The van der Waals surface area contributed by atoms with Crippen LogP contribution in [0, 0.1) is 0 Å². The molecule has 0 unspecified atom stereocenters. The average molecular weight is 522 g/mol. The van der Waals surface area contributed by atoms with Crippen LogP contribution in [0.5, 0.6) is 11.5 Å². The lowest BCUT2D eigenvalue weighted by molar-refractivity contribution is 0.289. The summed E-state index contributed by atoms with van der Waals surface area (Å²) < 4.78 is 12.5. The van der Waals surface area contributed by atoms with Crippen molar-refractivity contribution in [2.75, 3.05) is 0 Å². The number of hydrogen-bond acceptors (Lipinski definition) is 3. The Labute approximate surface area is 235 Å². The van der Waals surface area contributed by atoms with Crippen LogP contribution in [0.3, 0.4) is 0 Å². The monoisotopic (exact) mass is 521 g/mol. The third kappa shape index (κ3) is 8.73. The molecule has 0 saturated carbocycles. The third-order valence-corrected chi connectivity index (χ3v) is 6.89. The van der Waals surface area contributed by atoms with Crippen LogP contribution < -0.4 is 14.8 Å². The molecule has 4 rings (SSSR count). The summed E-state index contributed by atoms with van der Waals surface area (Å²) in [5.41, 5.74) is 7.62. The Hall–Kier alpha value is -3.56. The van der Waals surface area contributed by atoms with Crippen LogP contribution in [0.4, 0.5) is 0 Å². The lowest BCUT2D eigenvalue weighted by Crippen LogP contribution is -2.13. The van der Waals surface area contributed by atoms with E-state index in [4.69, 9.17) is 9.47 Å². The maximum atomic E-state index is 6.26. The number of nitrogens with one attached hydrogen (secondary N) is 1. The van der Waals surface area contributed by atoms with E-state index in [2.05, 4.69) is 132 Å². The Morgan fingerprint density at radius 2 is 0.923 bits per heavy atom. The zero-order chi connectivity index (χ0) is 27.9. The Balaban J connectivity index is 1.45. The topological polar surface area (TPSA) is 30.5 Å². The van der Waals surface area contributed by atoms with E-state index in [0.29, 0.717) is 13.2 Å². The predicted molar refractivity (Wildman–Crippen MR) is 162 cm³/mol. The van der Waals surface area contributed by atoms with E-state index in [1.54, 1.807) is 0 Å². The van der Waals surface area contributed by atoms with Crippen LogP contribution in [0.25, 0.3) is 0 Å². The van der Waals surface area contributed by atoms with E-state index in [1.165, 1.54) is 16.7 Å². The molecular formula is C36H43NO2. The second-order valence-corrected chi connectivity index (χ2v) is 12.4. The first-order chi connectivity index (χ1) is 18.6. The van der Waals surface area contributed by atoms with E-state index in [9.17, 15) is 0 Å². The van der Waals surface area contributed by atoms with Crippen molar-refractivity contribution >= 4 is 0 Å². The summed E-state index contributed by atoms with van der Waals surface area (Å²) in [4.78, 5) is 0. The lowest BCUT2D eigenvalue weighted by Gasteiger charge is -2.19. The van der Waals surface area contributed by atoms with Gasteiger partial charge >= 0.3 is 0 Å². The summed E-state index contributed by atoms with van der Waals surface area (Å²) in [7, 11) is 0. The van der Waals surface area contributed by atoms with Crippen molar-refractivity contribution in [3.63, 3.8) is 0 Å². The number of hydrogen-bond donors (Lipinski definition) is 1. The van der Waals surface area contributed by atoms with Gasteiger partial charge in [-0.2, -0.15) is 0 Å². The molecule has 0 spiro atoms. The highest BCUT2D eigenvalue weighted by molar-refractivity contribution is 5.39. The molecule has 0 heterocycles. The van der Waals surface area contributed by atoms with Crippen molar-refractivity contribution in [1.82, 2.24) is 5.32 Å². The van der Waals surface area contributed by atoms with E-state index in [-0.39, 0.29) is 10.8 Å². The van der Waals surface area contributed by atoms with Crippen LogP contribution in [-0.4, -0.2) is 0 Å². The fraction of sp³-hybridized carbons (Fsp3) is 0.333. The molecule has 3 heteroatoms. The van der Waals surface area contributed by atoms with Gasteiger partial charge in [-0.25, -0.2) is 0 Å². The smallest absolute Gasteiger partial charge is 0.123 e. The van der Waals surface area contributed by atoms with Crippen molar-refractivity contribution in [3.05, 3.63) is 130 Å². The van der Waals surface area contributed by atoms with Crippen LogP contribution in [0.1, 0.15) is 74.9 Å². The van der Waals surface area contributed by atoms with Crippen molar-refractivity contribution in [1.29, 1.82) is 0 Å². The molecule has 39 heavy (non-hydrogen) atoms. The van der Waals surface area contributed by atoms with Crippen LogP contribution in [-0.2, 0) is 37.1 Å². The highest BCUT2D eigenvalue weighted by atomic mass is 16.5. The summed E-state index contributed by atoms with van der Waals surface area (Å²) in [6.45, 7) is 16.0. The Morgan fingerprint density at radius 1 is 0.487 bits per heavy atom. The minimum Gasteiger partial charge on any atom is -0.489 e. The SMILES string of the molecule is CC(C)(C)c1ccc(COc2cc(CNCc3ccccc3)cc(OCc3ccc(C(C)(C)C)cc3)c2)cc1. The molecule has 0 aliphatic rings. The van der Waals surface area contributed by atoms with E-state index >= 15 is 0 Å². The second kappa shape index (κ2) is 12.5. The van der Waals surface area contributed by atoms with Gasteiger partial charge in [0.1, 0.15) is 24.7 Å². The van der Waals surface area contributed by atoms with Crippen molar-refractivity contribution < 1.29 is 9.47 Å². The van der Waals surface area contributed by atoms with Crippen molar-refractivity contribution in [2.24, 2.45) is 0 Å². The van der Waals surface area contributed by atoms with Crippen molar-refractivity contribution in [2.45, 2.75) is 78.7 Å². The first-order valence-electron chi connectivity index (χ1n) is 13.9. The van der Waals surface area contributed by atoms with Crippen molar-refractivity contribution in [3.8, 4) is 11.5 Å². The molecule has 204 valence electrons. The lowest BCUT2D eigenvalue weighted by atomic mass is 9.87. The molecule has 0 aromatic heterocycles. The van der Waals surface area contributed by atoms with Gasteiger partial charge in [0.25, 0.3) is 0 Å². The largest absolute Gasteiger partial charge is 0.489 e. The highest BCUT2D eigenvalue weighted by Crippen LogP contribution is 2.27. The van der Waals surface area contributed by atoms with Gasteiger partial charge in [-0.1, -0.05) is 120 Å². The molecule has 4 aromatic rings. The predicted octanol–water partition coefficient (Wildman–Crippen LogP) is 8.73. The molecule has 0 atom stereocenters. The average Bonchev–Trinajstić information content (AvgIpc) is 2.91. The summed E-state index contributed by atoms with van der Waals surface area (Å²) in [6.07, 6.45) is 0. The Kier molecular flexibility index (Phi) is 9.14. The summed E-state index contributed by atoms with van der Waals surface area (Å²) in [5, 5.41) is 3.55. The van der Waals surface area contributed by atoms with Crippen LogP contribution in [0.2, 0.25) is 0 Å². The second-order valence-electron chi connectivity index (χ2n) is 12.4. The molecule has 0 radical (unpaired) electrons. The third-order valence-electron chi connectivity index (χ3n) is 6.89. The number of benzene rings is 4. The first kappa shape index (κ1) is 28.4. The molecule has 3 nitrogen and oxygen atoms in total. The minimum absolute atomic E-state index is 0.139. The highest BCUT2D eigenvalue weighted by Gasteiger charge is 2.14. The van der Waals surface area contributed by atoms with Gasteiger partial charge in [-0.15, -0.1) is 0 Å². The maximum Gasteiger partial charge on any atom is 0.123 e. The maximum absolute atomic E-state index is 6.26. The summed E-state index contributed by atoms with van der Waals surface area (Å²) in [5.74, 6) is 1.62. The molecule has 1 N–H and O–H groups in total. The summed E-state index contributed by atoms with van der Waals surface area (Å²) >= 11 is 0. The van der Waals surface area contributed by atoms with Gasteiger partial charge in [-0.3, -0.25) is 0 Å². The zero-order valence-electron chi connectivity index (χ0n) is 24.4. The van der Waals surface area contributed by atoms with E-state index < -0.39 is 0 Å². The van der Waals surface area contributed by atoms with Gasteiger partial charge in [0, 0.05) is 19.2 Å². The molecule has 0 saturated heterocycles. The summed E-state index contributed by atoms with van der Waals surface area (Å²) in [6, 6.07) is 34.1. The van der Waals surface area contributed by atoms with Gasteiger partial charge in [-0.05, 0) is 56.3 Å². The number of ether oxygens (including phenoxy) is 2. The van der Waals surface area contributed by atoms with Gasteiger partial charge < -0.3 is 14.8 Å². The Bertz CT molecular complexity index is 1230. The Morgan fingerprint density at radius 3 is 1.36 bits per heavy atom. The normalized spacial score (nSPS) is 11.8. The molecule has 0 aliphatic heterocycles. The molecule has 0 aliphatic carbocycles. The quantitative estimate of drug-likeness (QED) is 0.226. The van der Waals surface area contributed by atoms with Gasteiger partial charge in [0.15, 0.2) is 0 Å². The molecular weight excluding hydrogens is 478 g/mol. The first-order valence-corrected chi connectivity index (χ1v) is 13.9. The fourth-order valence-electron chi connectivity index (χ4n) is 4.38.